The van der Waals surface area contributed by atoms with Gasteiger partial charge in [-0.2, -0.15) is 6.08 Å². The van der Waals surface area contributed by atoms with E-state index in [1.54, 1.807) is 0 Å². The zero-order valence-electron chi connectivity index (χ0n) is 8.06. The quantitative estimate of drug-likeness (QED) is 0.476. The summed E-state index contributed by atoms with van der Waals surface area (Å²) in [6.45, 7) is 4.51. The maximum atomic E-state index is 3.35. The second-order valence-electron chi connectivity index (χ2n) is 2.93. The van der Waals surface area contributed by atoms with Crippen LogP contribution in [-0.4, -0.2) is 0 Å². The maximum absolute atomic E-state index is 3.35. The molecular weight excluding hydrogens is 242 g/mol. The van der Waals surface area contributed by atoms with Gasteiger partial charge < -0.3 is 24.8 Å². The molecule has 75 valence electrons. The van der Waals surface area contributed by atoms with Crippen molar-refractivity contribution < 1.29 is 43.4 Å². The summed E-state index contributed by atoms with van der Waals surface area (Å²) < 4.78 is 0. The van der Waals surface area contributed by atoms with Crippen LogP contribution in [0.4, 0.5) is 0 Å². The largest absolute Gasteiger partial charge is 2.00 e. The molecular formula is C10H15Cl2V-. The first-order valence-corrected chi connectivity index (χ1v) is 4.12. The normalized spacial score (nSPS) is 14.8. The minimum Gasteiger partial charge on any atom is -1.00 e. The molecule has 1 atom stereocenters. The Balaban J connectivity index is -0.000000333. The van der Waals surface area contributed by atoms with E-state index in [0.717, 1.165) is 12.3 Å². The molecule has 1 rings (SSSR count). The van der Waals surface area contributed by atoms with Crippen LogP contribution in [0, 0.1) is 12.0 Å². The average Bonchev–Trinajstić information content (AvgIpc) is 2.38. The van der Waals surface area contributed by atoms with Crippen molar-refractivity contribution in [2.24, 2.45) is 5.92 Å². The van der Waals surface area contributed by atoms with Crippen molar-refractivity contribution in [1.29, 1.82) is 0 Å². The monoisotopic (exact) mass is 256 g/mol. The molecule has 0 amide bonds. The van der Waals surface area contributed by atoms with Crippen LogP contribution in [0.15, 0.2) is 17.7 Å². The summed E-state index contributed by atoms with van der Waals surface area (Å²) in [5, 5.41) is 0. The van der Waals surface area contributed by atoms with Crippen LogP contribution < -0.4 is 24.8 Å². The first kappa shape index (κ1) is 19.3. The first-order chi connectivity index (χ1) is 4.84. The third kappa shape index (κ3) is 6.68. The van der Waals surface area contributed by atoms with Crippen molar-refractivity contribution >= 4 is 0 Å². The Morgan fingerprint density at radius 2 is 2.08 bits per heavy atom. The van der Waals surface area contributed by atoms with Crippen LogP contribution in [0.1, 0.15) is 33.1 Å². The molecule has 0 aromatic carbocycles. The van der Waals surface area contributed by atoms with Gasteiger partial charge in [0, 0.05) is 0 Å². The molecule has 1 radical (unpaired) electrons. The zero-order valence-corrected chi connectivity index (χ0v) is 11.0. The number of hydrogen-bond acceptors (Lipinski definition) is 0. The summed E-state index contributed by atoms with van der Waals surface area (Å²) in [5.74, 6) is 0.726. The molecule has 0 nitrogen and oxygen atoms in total. The smallest absolute Gasteiger partial charge is 1.00 e. The van der Waals surface area contributed by atoms with Crippen LogP contribution >= 0.6 is 0 Å². The van der Waals surface area contributed by atoms with Gasteiger partial charge in [0.25, 0.3) is 0 Å². The van der Waals surface area contributed by atoms with Crippen molar-refractivity contribution in [2.75, 3.05) is 0 Å². The van der Waals surface area contributed by atoms with Gasteiger partial charge in [0.05, 0.1) is 0 Å². The topological polar surface area (TPSA) is 0 Å². The SMILES string of the molecule is CCCC(C)C1=[C-]CC=C1.[Cl-].[Cl-].[V+2]. The molecule has 0 saturated carbocycles. The molecule has 0 aromatic heterocycles. The minimum atomic E-state index is 0. The molecule has 0 fully saturated rings. The van der Waals surface area contributed by atoms with Crippen molar-refractivity contribution in [3.05, 3.63) is 23.8 Å². The molecule has 0 bridgehead atoms. The van der Waals surface area contributed by atoms with E-state index >= 15 is 0 Å². The summed E-state index contributed by atoms with van der Waals surface area (Å²) in [5.41, 5.74) is 1.42. The summed E-state index contributed by atoms with van der Waals surface area (Å²) in [7, 11) is 0. The maximum Gasteiger partial charge on any atom is 2.00 e. The van der Waals surface area contributed by atoms with E-state index in [4.69, 9.17) is 0 Å². The van der Waals surface area contributed by atoms with E-state index in [-0.39, 0.29) is 43.4 Å². The van der Waals surface area contributed by atoms with Crippen molar-refractivity contribution in [2.45, 2.75) is 33.1 Å². The van der Waals surface area contributed by atoms with Crippen LogP contribution in [-0.2, 0) is 18.6 Å². The fourth-order valence-electron chi connectivity index (χ4n) is 1.35. The summed E-state index contributed by atoms with van der Waals surface area (Å²) in [4.78, 5) is 0. The van der Waals surface area contributed by atoms with E-state index in [2.05, 4.69) is 32.1 Å². The van der Waals surface area contributed by atoms with Crippen LogP contribution in [0.2, 0.25) is 0 Å². The van der Waals surface area contributed by atoms with Crippen molar-refractivity contribution in [3.63, 3.8) is 0 Å². The number of rotatable bonds is 3. The standard InChI is InChI=1S/C10H15.2ClH.V/c1-3-6-9(2)10-7-4-5-8-10;;;/h4,7,9H,3,5-6H2,1-2H3;2*1H;/q-1;;;+2/p-2. The van der Waals surface area contributed by atoms with Gasteiger partial charge in [-0.05, 0) is 6.42 Å². The zero-order chi connectivity index (χ0) is 7.40. The van der Waals surface area contributed by atoms with Gasteiger partial charge in [0.15, 0.2) is 0 Å². The average molecular weight is 257 g/mol. The van der Waals surface area contributed by atoms with Gasteiger partial charge >= 0.3 is 18.6 Å². The van der Waals surface area contributed by atoms with Gasteiger partial charge in [0.2, 0.25) is 0 Å². The predicted molar refractivity (Wildman–Crippen MR) is 44.6 cm³/mol. The molecule has 0 saturated heterocycles. The molecule has 1 aliphatic rings. The first-order valence-electron chi connectivity index (χ1n) is 4.12. The molecule has 1 aliphatic carbocycles. The Kier molecular flexibility index (Phi) is 15.9. The minimum absolute atomic E-state index is 0. The molecule has 3 heteroatoms. The number of halogens is 2. The predicted octanol–water partition coefficient (Wildman–Crippen LogP) is -2.88. The second kappa shape index (κ2) is 10.7. The van der Waals surface area contributed by atoms with E-state index in [1.807, 2.05) is 0 Å². The molecule has 0 N–H and O–H groups in total. The molecule has 0 aliphatic heterocycles. The van der Waals surface area contributed by atoms with Gasteiger partial charge in [-0.25, -0.2) is 11.6 Å². The van der Waals surface area contributed by atoms with E-state index < -0.39 is 0 Å². The Bertz CT molecular complexity index is 164. The Labute approximate surface area is 106 Å². The number of hydrogen-bond donors (Lipinski definition) is 0. The molecule has 0 spiro atoms. The van der Waals surface area contributed by atoms with Crippen molar-refractivity contribution in [1.82, 2.24) is 0 Å². The summed E-state index contributed by atoms with van der Waals surface area (Å²) in [6, 6.07) is 0. The van der Waals surface area contributed by atoms with Crippen LogP contribution in [0.5, 0.6) is 0 Å². The summed E-state index contributed by atoms with van der Waals surface area (Å²) >= 11 is 0. The van der Waals surface area contributed by atoms with Gasteiger partial charge in [-0.3, -0.25) is 6.08 Å². The third-order valence-electron chi connectivity index (χ3n) is 1.97. The van der Waals surface area contributed by atoms with E-state index in [0.29, 0.717) is 0 Å². The Morgan fingerprint density at radius 3 is 2.46 bits per heavy atom. The van der Waals surface area contributed by atoms with Gasteiger partial charge in [0.1, 0.15) is 0 Å². The fourth-order valence-corrected chi connectivity index (χ4v) is 1.35. The van der Waals surface area contributed by atoms with Crippen LogP contribution in [0.3, 0.4) is 0 Å². The number of allylic oxidation sites excluding steroid dienone is 4. The molecule has 0 heterocycles. The molecule has 13 heavy (non-hydrogen) atoms. The fraction of sp³-hybridized carbons (Fsp3) is 0.600. The Hall–Kier alpha value is 0.644. The van der Waals surface area contributed by atoms with Gasteiger partial charge in [-0.1, -0.05) is 26.2 Å². The van der Waals surface area contributed by atoms with Crippen molar-refractivity contribution in [3.8, 4) is 0 Å². The Morgan fingerprint density at radius 1 is 1.46 bits per heavy atom. The second-order valence-corrected chi connectivity index (χ2v) is 2.93. The van der Waals surface area contributed by atoms with Gasteiger partial charge in [-0.15, -0.1) is 6.42 Å². The van der Waals surface area contributed by atoms with E-state index in [9.17, 15) is 0 Å². The molecule has 1 unspecified atom stereocenters. The van der Waals surface area contributed by atoms with E-state index in [1.165, 1.54) is 18.4 Å². The van der Waals surface area contributed by atoms with Crippen LogP contribution in [0.25, 0.3) is 0 Å². The third-order valence-corrected chi connectivity index (χ3v) is 1.97. The molecule has 0 aromatic rings. The summed E-state index contributed by atoms with van der Waals surface area (Å²) in [6.07, 6.45) is 11.3.